The van der Waals surface area contributed by atoms with Crippen LogP contribution in [-0.2, 0) is 5.54 Å². The van der Waals surface area contributed by atoms with Gasteiger partial charge in [-0.15, -0.1) is 0 Å². The first-order valence-electron chi connectivity index (χ1n) is 4.61. The predicted molar refractivity (Wildman–Crippen MR) is 61.8 cm³/mol. The van der Waals surface area contributed by atoms with E-state index >= 15 is 0 Å². The fourth-order valence-electron chi connectivity index (χ4n) is 1.35. The molecule has 0 unspecified atom stereocenters. The summed E-state index contributed by atoms with van der Waals surface area (Å²) in [5, 5.41) is 0.583. The van der Waals surface area contributed by atoms with Crippen LogP contribution in [0.3, 0.4) is 0 Å². The van der Waals surface area contributed by atoms with E-state index in [1.807, 2.05) is 13.8 Å². The molecular formula is C11H16ClNO2. The minimum Gasteiger partial charge on any atom is -0.493 e. The van der Waals surface area contributed by atoms with Crippen molar-refractivity contribution in [2.45, 2.75) is 19.4 Å². The van der Waals surface area contributed by atoms with E-state index in [1.165, 1.54) is 0 Å². The van der Waals surface area contributed by atoms with Crippen molar-refractivity contribution in [3.8, 4) is 11.5 Å². The van der Waals surface area contributed by atoms with Crippen molar-refractivity contribution in [1.82, 2.24) is 0 Å². The molecule has 0 saturated heterocycles. The van der Waals surface area contributed by atoms with Crippen LogP contribution in [0.15, 0.2) is 12.1 Å². The van der Waals surface area contributed by atoms with Crippen LogP contribution in [-0.4, -0.2) is 14.2 Å². The summed E-state index contributed by atoms with van der Waals surface area (Å²) in [7, 11) is 3.15. The molecule has 1 aromatic rings. The van der Waals surface area contributed by atoms with Gasteiger partial charge in [0.15, 0.2) is 11.5 Å². The molecule has 1 rings (SSSR count). The molecular weight excluding hydrogens is 214 g/mol. The Morgan fingerprint density at radius 1 is 1.13 bits per heavy atom. The summed E-state index contributed by atoms with van der Waals surface area (Å²) >= 11 is 6.11. The zero-order valence-corrected chi connectivity index (χ0v) is 10.2. The Morgan fingerprint density at radius 2 is 1.60 bits per heavy atom. The molecule has 3 nitrogen and oxygen atoms in total. The molecule has 0 aliphatic heterocycles. The van der Waals surface area contributed by atoms with Gasteiger partial charge in [-0.05, 0) is 25.5 Å². The molecule has 1 aromatic carbocycles. The lowest BCUT2D eigenvalue weighted by atomic mass is 9.95. The van der Waals surface area contributed by atoms with Crippen LogP contribution >= 0.6 is 11.6 Å². The number of halogens is 1. The van der Waals surface area contributed by atoms with E-state index < -0.39 is 5.54 Å². The van der Waals surface area contributed by atoms with E-state index in [1.54, 1.807) is 26.4 Å². The second-order valence-electron chi connectivity index (χ2n) is 3.91. The molecule has 0 aliphatic rings. The van der Waals surface area contributed by atoms with E-state index in [9.17, 15) is 0 Å². The van der Waals surface area contributed by atoms with Crippen LogP contribution in [0.5, 0.6) is 11.5 Å². The molecule has 0 aliphatic carbocycles. The summed E-state index contributed by atoms with van der Waals surface area (Å²) in [5.41, 5.74) is 6.32. The van der Waals surface area contributed by atoms with Gasteiger partial charge in [0.2, 0.25) is 0 Å². The highest BCUT2D eigenvalue weighted by Crippen LogP contribution is 2.36. The standard InChI is InChI=1S/C11H16ClNO2/c1-11(2,13)7-5-9(14-3)10(15-4)6-8(7)12/h5-6H,13H2,1-4H3. The Labute approximate surface area is 95.1 Å². The number of methoxy groups -OCH3 is 2. The summed E-state index contributed by atoms with van der Waals surface area (Å²) < 4.78 is 10.3. The molecule has 0 aromatic heterocycles. The first kappa shape index (κ1) is 12.1. The van der Waals surface area contributed by atoms with Crippen LogP contribution in [0.1, 0.15) is 19.4 Å². The van der Waals surface area contributed by atoms with Crippen molar-refractivity contribution < 1.29 is 9.47 Å². The van der Waals surface area contributed by atoms with Crippen LogP contribution in [0, 0.1) is 0 Å². The highest BCUT2D eigenvalue weighted by molar-refractivity contribution is 6.31. The number of hydrogen-bond donors (Lipinski definition) is 1. The van der Waals surface area contributed by atoms with Gasteiger partial charge in [0.25, 0.3) is 0 Å². The number of rotatable bonds is 3. The molecule has 0 saturated carbocycles. The van der Waals surface area contributed by atoms with Gasteiger partial charge in [-0.2, -0.15) is 0 Å². The smallest absolute Gasteiger partial charge is 0.162 e. The highest BCUT2D eigenvalue weighted by atomic mass is 35.5. The Morgan fingerprint density at radius 3 is 2.00 bits per heavy atom. The summed E-state index contributed by atoms with van der Waals surface area (Å²) in [6, 6.07) is 3.52. The van der Waals surface area contributed by atoms with Crippen molar-refractivity contribution in [1.29, 1.82) is 0 Å². The zero-order chi connectivity index (χ0) is 11.6. The topological polar surface area (TPSA) is 44.5 Å². The first-order chi connectivity index (χ1) is 6.90. The molecule has 0 radical (unpaired) electrons. The molecule has 2 N–H and O–H groups in total. The van der Waals surface area contributed by atoms with Gasteiger partial charge in [0, 0.05) is 16.6 Å². The maximum absolute atomic E-state index is 6.11. The SMILES string of the molecule is COc1cc(Cl)c(C(C)(C)N)cc1OC. The third-order valence-electron chi connectivity index (χ3n) is 2.17. The number of hydrogen-bond acceptors (Lipinski definition) is 3. The van der Waals surface area contributed by atoms with Crippen LogP contribution in [0.25, 0.3) is 0 Å². The lowest BCUT2D eigenvalue weighted by Gasteiger charge is -2.22. The van der Waals surface area contributed by atoms with E-state index in [2.05, 4.69) is 0 Å². The van der Waals surface area contributed by atoms with E-state index in [-0.39, 0.29) is 0 Å². The molecule has 4 heteroatoms. The highest BCUT2D eigenvalue weighted by Gasteiger charge is 2.20. The monoisotopic (exact) mass is 229 g/mol. The van der Waals surface area contributed by atoms with E-state index in [0.29, 0.717) is 16.5 Å². The Hall–Kier alpha value is -0.930. The molecule has 0 atom stereocenters. The number of nitrogens with two attached hydrogens (primary N) is 1. The molecule has 84 valence electrons. The maximum Gasteiger partial charge on any atom is 0.162 e. The van der Waals surface area contributed by atoms with Gasteiger partial charge in [-0.3, -0.25) is 0 Å². The Balaban J connectivity index is 3.32. The first-order valence-corrected chi connectivity index (χ1v) is 4.99. The molecule has 0 amide bonds. The third kappa shape index (κ3) is 2.55. The minimum absolute atomic E-state index is 0.503. The minimum atomic E-state index is -0.503. The van der Waals surface area contributed by atoms with Crippen LogP contribution in [0.2, 0.25) is 5.02 Å². The van der Waals surface area contributed by atoms with Crippen molar-refractivity contribution in [3.05, 3.63) is 22.7 Å². The molecule has 0 bridgehead atoms. The Bertz CT molecular complexity index is 358. The lowest BCUT2D eigenvalue weighted by Crippen LogP contribution is -2.29. The average Bonchev–Trinajstić information content (AvgIpc) is 2.15. The number of benzene rings is 1. The normalized spacial score (nSPS) is 11.3. The summed E-state index contributed by atoms with van der Waals surface area (Å²) in [6.07, 6.45) is 0. The fourth-order valence-corrected chi connectivity index (χ4v) is 1.75. The van der Waals surface area contributed by atoms with Crippen LogP contribution < -0.4 is 15.2 Å². The number of ether oxygens (including phenoxy) is 2. The van der Waals surface area contributed by atoms with Gasteiger partial charge in [-0.25, -0.2) is 0 Å². The van der Waals surface area contributed by atoms with Crippen molar-refractivity contribution in [2.24, 2.45) is 5.73 Å². The zero-order valence-electron chi connectivity index (χ0n) is 9.43. The van der Waals surface area contributed by atoms with Gasteiger partial charge in [0.05, 0.1) is 14.2 Å². The van der Waals surface area contributed by atoms with Gasteiger partial charge >= 0.3 is 0 Å². The van der Waals surface area contributed by atoms with Gasteiger partial charge in [-0.1, -0.05) is 11.6 Å². The summed E-state index contributed by atoms with van der Waals surface area (Å²) in [5.74, 6) is 1.24. The molecule has 0 heterocycles. The molecule has 15 heavy (non-hydrogen) atoms. The fraction of sp³-hybridized carbons (Fsp3) is 0.455. The molecule has 0 spiro atoms. The summed E-state index contributed by atoms with van der Waals surface area (Å²) in [4.78, 5) is 0. The largest absolute Gasteiger partial charge is 0.493 e. The van der Waals surface area contributed by atoms with Gasteiger partial charge in [0.1, 0.15) is 0 Å². The van der Waals surface area contributed by atoms with Crippen molar-refractivity contribution >= 4 is 11.6 Å². The second-order valence-corrected chi connectivity index (χ2v) is 4.32. The third-order valence-corrected chi connectivity index (χ3v) is 2.48. The quantitative estimate of drug-likeness (QED) is 0.867. The van der Waals surface area contributed by atoms with Crippen molar-refractivity contribution in [3.63, 3.8) is 0 Å². The van der Waals surface area contributed by atoms with E-state index in [4.69, 9.17) is 26.8 Å². The molecule has 0 fully saturated rings. The predicted octanol–water partition coefficient (Wildman–Crippen LogP) is 2.55. The van der Waals surface area contributed by atoms with Crippen LogP contribution in [0.4, 0.5) is 0 Å². The average molecular weight is 230 g/mol. The van der Waals surface area contributed by atoms with E-state index in [0.717, 1.165) is 5.56 Å². The Kier molecular flexibility index (Phi) is 3.47. The van der Waals surface area contributed by atoms with Crippen molar-refractivity contribution in [2.75, 3.05) is 14.2 Å². The lowest BCUT2D eigenvalue weighted by molar-refractivity contribution is 0.353. The summed E-state index contributed by atoms with van der Waals surface area (Å²) in [6.45, 7) is 3.78. The maximum atomic E-state index is 6.11. The second kappa shape index (κ2) is 4.29. The van der Waals surface area contributed by atoms with Gasteiger partial charge < -0.3 is 15.2 Å².